The van der Waals surface area contributed by atoms with Gasteiger partial charge in [0.15, 0.2) is 0 Å². The van der Waals surface area contributed by atoms with Crippen molar-refractivity contribution in [1.82, 2.24) is 5.32 Å². The third-order valence-corrected chi connectivity index (χ3v) is 13.6. The second-order valence-electron chi connectivity index (χ2n) is 19.0. The molecule has 1 aliphatic carbocycles. The summed E-state index contributed by atoms with van der Waals surface area (Å²) in [5.74, 6) is -1.53. The molecule has 8 heteroatoms. The Bertz CT molecular complexity index is 905. The van der Waals surface area contributed by atoms with Gasteiger partial charge in [-0.05, 0) is 19.3 Å². The number of nitrogens with one attached hydrogen (secondary N) is 1. The molecule has 0 saturated heterocycles. The zero-order chi connectivity index (χ0) is 43.2. The monoisotopic (exact) mass is 840 g/mol. The fourth-order valence-corrected chi connectivity index (χ4v) is 9.32. The highest BCUT2D eigenvalue weighted by Crippen LogP contribution is 2.27. The molecule has 1 rings (SSSR count). The van der Waals surface area contributed by atoms with Crippen LogP contribution in [0.5, 0.6) is 0 Å². The molecular weight excluding hydrogens is 739 g/mol. The molecule has 1 aliphatic rings. The van der Waals surface area contributed by atoms with Crippen molar-refractivity contribution < 1.29 is 35.4 Å². The van der Waals surface area contributed by atoms with Crippen LogP contribution in [-0.2, 0) is 4.79 Å². The largest absolute Gasteiger partial charge is 0.396 e. The van der Waals surface area contributed by atoms with E-state index in [4.69, 9.17) is 0 Å². The number of unbranched alkanes of at least 4 members (excludes halogenated alkanes) is 33. The Morgan fingerprint density at radius 3 is 1.19 bits per heavy atom. The van der Waals surface area contributed by atoms with E-state index in [1.54, 1.807) is 0 Å². The van der Waals surface area contributed by atoms with Crippen LogP contribution < -0.4 is 5.32 Å². The van der Waals surface area contributed by atoms with Crippen molar-refractivity contribution in [3.8, 4) is 0 Å². The van der Waals surface area contributed by atoms with E-state index in [0.717, 1.165) is 38.5 Å². The van der Waals surface area contributed by atoms with E-state index in [0.29, 0.717) is 12.8 Å². The van der Waals surface area contributed by atoms with Gasteiger partial charge in [-0.15, -0.1) is 0 Å². The van der Waals surface area contributed by atoms with Crippen molar-refractivity contribution >= 4 is 5.78 Å². The summed E-state index contributed by atoms with van der Waals surface area (Å²) in [5.41, 5.74) is 0. The molecule has 8 nitrogen and oxygen atoms in total. The molecule has 1 fully saturated rings. The van der Waals surface area contributed by atoms with E-state index in [-0.39, 0.29) is 25.4 Å². The van der Waals surface area contributed by atoms with Crippen molar-refractivity contribution in [3.05, 3.63) is 0 Å². The molecule has 0 aliphatic heterocycles. The second-order valence-corrected chi connectivity index (χ2v) is 19.0. The third kappa shape index (κ3) is 29.4. The van der Waals surface area contributed by atoms with Crippen molar-refractivity contribution in [2.75, 3.05) is 13.2 Å². The summed E-state index contributed by atoms with van der Waals surface area (Å²) in [6.45, 7) is 4.26. The number of aliphatic hydroxyl groups excluding tert-OH is 6. The van der Waals surface area contributed by atoms with Crippen LogP contribution in [0.1, 0.15) is 258 Å². The van der Waals surface area contributed by atoms with Crippen LogP contribution >= 0.6 is 0 Å². The number of Topliss-reactive ketones (excluding diaryl/α,β-unsaturated/α-hetero) is 1. The normalized spacial score (nSPS) is 21.2. The van der Waals surface area contributed by atoms with Crippen LogP contribution in [0.15, 0.2) is 0 Å². The average Bonchev–Trinajstić information content (AvgIpc) is 3.24. The Morgan fingerprint density at radius 2 is 0.831 bits per heavy atom. The van der Waals surface area contributed by atoms with Gasteiger partial charge in [0.05, 0.1) is 30.3 Å². The lowest BCUT2D eigenvalue weighted by Gasteiger charge is -2.41. The van der Waals surface area contributed by atoms with Crippen LogP contribution in [0.25, 0.3) is 0 Å². The highest BCUT2D eigenvalue weighted by molar-refractivity contribution is 5.81. The average molecular weight is 840 g/mol. The minimum Gasteiger partial charge on any atom is -0.396 e. The summed E-state index contributed by atoms with van der Waals surface area (Å²) in [5, 5.41) is 66.4. The number of hydrogen-bond donors (Lipinski definition) is 7. The first kappa shape index (κ1) is 56.4. The van der Waals surface area contributed by atoms with Crippen LogP contribution in [0, 0.1) is 11.8 Å². The Labute approximate surface area is 364 Å². The van der Waals surface area contributed by atoms with Gasteiger partial charge >= 0.3 is 0 Å². The first-order valence-corrected chi connectivity index (χ1v) is 26.1. The van der Waals surface area contributed by atoms with Crippen molar-refractivity contribution in [3.63, 3.8) is 0 Å². The fraction of sp³-hybridized carbons (Fsp3) is 0.980. The molecule has 352 valence electrons. The topological polar surface area (TPSA) is 150 Å². The summed E-state index contributed by atoms with van der Waals surface area (Å²) >= 11 is 0. The Hall–Kier alpha value is -0.610. The van der Waals surface area contributed by atoms with E-state index in [9.17, 15) is 35.4 Å². The Morgan fingerprint density at radius 1 is 0.492 bits per heavy atom. The van der Waals surface area contributed by atoms with Crippen molar-refractivity contribution in [1.29, 1.82) is 0 Å². The molecule has 0 spiro atoms. The molecule has 1 saturated carbocycles. The molecule has 0 amide bonds. The quantitative estimate of drug-likeness (QED) is 0.0300. The Balaban J connectivity index is 2.28. The van der Waals surface area contributed by atoms with Crippen molar-refractivity contribution in [2.45, 2.75) is 294 Å². The second kappa shape index (κ2) is 40.2. The predicted octanol–water partition coefficient (Wildman–Crippen LogP) is 11.4. The summed E-state index contributed by atoms with van der Waals surface area (Å²) in [6, 6.07) is -0.652. The van der Waals surface area contributed by atoms with E-state index in [2.05, 4.69) is 19.2 Å². The van der Waals surface area contributed by atoms with Gasteiger partial charge in [-0.1, -0.05) is 232 Å². The van der Waals surface area contributed by atoms with Crippen LogP contribution in [0.4, 0.5) is 0 Å². The minimum atomic E-state index is -1.41. The van der Waals surface area contributed by atoms with Crippen LogP contribution in [0.3, 0.4) is 0 Å². The fourth-order valence-electron chi connectivity index (χ4n) is 9.32. The van der Waals surface area contributed by atoms with E-state index >= 15 is 0 Å². The van der Waals surface area contributed by atoms with Crippen molar-refractivity contribution in [2.24, 2.45) is 11.8 Å². The third-order valence-electron chi connectivity index (χ3n) is 13.6. The number of rotatable bonds is 44. The summed E-state index contributed by atoms with van der Waals surface area (Å²) < 4.78 is 0. The maximum absolute atomic E-state index is 13.6. The standard InChI is InChI=1S/C51H101NO7/c1-3-5-7-9-11-13-15-17-18-19-20-21-22-23-24-25-26-27-29-30-32-34-36-38-46(54)44(41-52-45-40-43(42-53)48(56)51(59)50(45)58)49(57)47(55)39-37-35-33-31-28-16-14-12-10-8-6-4-2/h43-45,47-53,55-59H,3-42H2,1-2H3/t43-,44-,45+,47-,48+,49+,50+,51+/m1/s1. The highest BCUT2D eigenvalue weighted by atomic mass is 16.4. The maximum Gasteiger partial charge on any atom is 0.139 e. The molecule has 0 aromatic heterocycles. The lowest BCUT2D eigenvalue weighted by atomic mass is 9.79. The molecule has 7 N–H and O–H groups in total. The van der Waals surface area contributed by atoms with Gasteiger partial charge < -0.3 is 36.0 Å². The lowest BCUT2D eigenvalue weighted by molar-refractivity contribution is -0.136. The van der Waals surface area contributed by atoms with Gasteiger partial charge in [0, 0.05) is 31.5 Å². The first-order valence-electron chi connectivity index (χ1n) is 26.1. The number of carbonyl (C=O) groups is 1. The first-order chi connectivity index (χ1) is 28.8. The van der Waals surface area contributed by atoms with Crippen LogP contribution in [0.2, 0.25) is 0 Å². The number of carbonyl (C=O) groups excluding carboxylic acids is 1. The molecule has 0 bridgehead atoms. The summed E-state index contributed by atoms with van der Waals surface area (Å²) in [6.07, 6.45) is 39.8. The number of hydrogen-bond acceptors (Lipinski definition) is 8. The van der Waals surface area contributed by atoms with Gasteiger partial charge in [0.2, 0.25) is 0 Å². The molecule has 59 heavy (non-hydrogen) atoms. The molecule has 0 aromatic carbocycles. The number of aliphatic hydroxyl groups is 6. The van der Waals surface area contributed by atoms with Gasteiger partial charge in [0.25, 0.3) is 0 Å². The zero-order valence-electron chi connectivity index (χ0n) is 39.0. The summed E-state index contributed by atoms with van der Waals surface area (Å²) in [4.78, 5) is 13.6. The van der Waals surface area contributed by atoms with Gasteiger partial charge in [-0.3, -0.25) is 4.79 Å². The molecule has 0 aromatic rings. The smallest absolute Gasteiger partial charge is 0.139 e. The lowest BCUT2D eigenvalue weighted by Crippen LogP contribution is -2.60. The zero-order valence-corrected chi connectivity index (χ0v) is 39.0. The summed E-state index contributed by atoms with van der Waals surface area (Å²) in [7, 11) is 0. The number of ketones is 1. The SMILES string of the molecule is CCCCCCCCCCCCCCCCCCCCCCCCCC(=O)[C@@H](CN[C@H]1C[C@H](CO)[C@H](O)[C@H](O)[C@H]1O)[C@H](O)[C@H](O)CCCCCCCCCCCCCC. The highest BCUT2D eigenvalue weighted by Gasteiger charge is 2.43. The predicted molar refractivity (Wildman–Crippen MR) is 248 cm³/mol. The van der Waals surface area contributed by atoms with Gasteiger partial charge in [-0.25, -0.2) is 0 Å². The molecule has 0 radical (unpaired) electrons. The van der Waals surface area contributed by atoms with E-state index in [1.807, 2.05) is 0 Å². The molecule has 0 heterocycles. The molecule has 8 atom stereocenters. The van der Waals surface area contributed by atoms with E-state index < -0.39 is 48.4 Å². The van der Waals surface area contributed by atoms with Gasteiger partial charge in [0.1, 0.15) is 11.9 Å². The van der Waals surface area contributed by atoms with Crippen LogP contribution in [-0.4, -0.2) is 86.1 Å². The van der Waals surface area contributed by atoms with Gasteiger partial charge in [-0.2, -0.15) is 0 Å². The molecular formula is C51H101NO7. The Kier molecular flexibility index (Phi) is 38.4. The molecule has 0 unspecified atom stereocenters. The minimum absolute atomic E-state index is 0.0531. The maximum atomic E-state index is 13.6. The van der Waals surface area contributed by atoms with E-state index in [1.165, 1.54) is 186 Å².